The van der Waals surface area contributed by atoms with Gasteiger partial charge in [-0.2, -0.15) is 0 Å². The molecule has 7 nitrogen and oxygen atoms in total. The summed E-state index contributed by atoms with van der Waals surface area (Å²) in [6, 6.07) is 13.2. The summed E-state index contributed by atoms with van der Waals surface area (Å²) in [5.74, 6) is 1.65. The quantitative estimate of drug-likeness (QED) is 0.268. The third kappa shape index (κ3) is 8.59. The predicted octanol–water partition coefficient (Wildman–Crippen LogP) is 4.03. The van der Waals surface area contributed by atoms with Gasteiger partial charge in [0, 0.05) is 25.2 Å². The number of nitrogens with two attached hydrogens (primary N) is 1. The molecule has 0 aliphatic rings. The summed E-state index contributed by atoms with van der Waals surface area (Å²) in [5, 5.41) is 5.83. The van der Waals surface area contributed by atoms with E-state index in [-0.39, 0.29) is 29.9 Å². The molecule has 0 bridgehead atoms. The van der Waals surface area contributed by atoms with Gasteiger partial charge in [0.25, 0.3) is 0 Å². The number of halogens is 1. The standard InChI is InChI=1S/C21H28N4O3.HI/c1-4-27-18-10-11-20(28-5-2)19(14-18)25-21(22)23-13-12-16-6-8-17(9-7-16)24-15(3)26;/h6-11,14H,4-5,12-13H2,1-3H3,(H,24,26)(H3,22,23,25);1H. The minimum atomic E-state index is -0.0870. The second kappa shape index (κ2) is 12.9. The molecule has 2 aromatic carbocycles. The Balaban J connectivity index is 0.00000420. The predicted molar refractivity (Wildman–Crippen MR) is 129 cm³/mol. The van der Waals surface area contributed by atoms with Gasteiger partial charge in [0.05, 0.1) is 18.9 Å². The molecule has 0 aromatic heterocycles. The fourth-order valence-electron chi connectivity index (χ4n) is 2.59. The van der Waals surface area contributed by atoms with Crippen molar-refractivity contribution < 1.29 is 14.3 Å². The molecule has 1 amide bonds. The molecule has 0 aliphatic carbocycles. The fourth-order valence-corrected chi connectivity index (χ4v) is 2.59. The van der Waals surface area contributed by atoms with Crippen molar-refractivity contribution in [2.24, 2.45) is 10.7 Å². The third-order valence-electron chi connectivity index (χ3n) is 3.78. The SMILES string of the molecule is CCOc1ccc(OCC)c(NC(N)=NCCc2ccc(NC(C)=O)cc2)c1.I. The Kier molecular flexibility index (Phi) is 10.9. The number of carbonyl (C=O) groups is 1. The average Bonchev–Trinajstić information content (AvgIpc) is 2.65. The van der Waals surface area contributed by atoms with Crippen LogP contribution < -0.4 is 25.8 Å². The lowest BCUT2D eigenvalue weighted by Gasteiger charge is -2.14. The highest BCUT2D eigenvalue weighted by Crippen LogP contribution is 2.29. The summed E-state index contributed by atoms with van der Waals surface area (Å²) >= 11 is 0. The molecule has 0 fully saturated rings. The topological polar surface area (TPSA) is 98.0 Å². The largest absolute Gasteiger partial charge is 0.494 e. The molecule has 0 radical (unpaired) electrons. The van der Waals surface area contributed by atoms with Crippen LogP contribution in [0.5, 0.6) is 11.5 Å². The van der Waals surface area contributed by atoms with Gasteiger partial charge >= 0.3 is 0 Å². The Labute approximate surface area is 189 Å². The van der Waals surface area contributed by atoms with Gasteiger partial charge < -0.3 is 25.8 Å². The first-order chi connectivity index (χ1) is 13.5. The van der Waals surface area contributed by atoms with Crippen LogP contribution >= 0.6 is 24.0 Å². The number of carbonyl (C=O) groups excluding carboxylic acids is 1. The summed E-state index contributed by atoms with van der Waals surface area (Å²) in [4.78, 5) is 15.4. The smallest absolute Gasteiger partial charge is 0.221 e. The highest BCUT2D eigenvalue weighted by Gasteiger charge is 2.07. The van der Waals surface area contributed by atoms with Crippen molar-refractivity contribution >= 4 is 47.2 Å². The molecule has 0 saturated heterocycles. The monoisotopic (exact) mass is 512 g/mol. The second-order valence-corrected chi connectivity index (χ2v) is 6.04. The van der Waals surface area contributed by atoms with Crippen molar-refractivity contribution in [2.75, 3.05) is 30.4 Å². The number of hydrogen-bond acceptors (Lipinski definition) is 4. The van der Waals surface area contributed by atoms with Gasteiger partial charge in [-0.25, -0.2) is 0 Å². The highest BCUT2D eigenvalue weighted by molar-refractivity contribution is 14.0. The maximum atomic E-state index is 11.1. The molecule has 0 atom stereocenters. The zero-order valence-corrected chi connectivity index (χ0v) is 19.4. The van der Waals surface area contributed by atoms with Gasteiger partial charge in [-0.15, -0.1) is 24.0 Å². The zero-order valence-electron chi connectivity index (χ0n) is 17.0. The van der Waals surface area contributed by atoms with Crippen molar-refractivity contribution in [2.45, 2.75) is 27.2 Å². The highest BCUT2D eigenvalue weighted by atomic mass is 127. The van der Waals surface area contributed by atoms with Gasteiger partial charge in [-0.05, 0) is 50.1 Å². The van der Waals surface area contributed by atoms with E-state index >= 15 is 0 Å². The number of rotatable bonds is 9. The number of benzene rings is 2. The van der Waals surface area contributed by atoms with Gasteiger partial charge in [-0.3, -0.25) is 9.79 Å². The van der Waals surface area contributed by atoms with E-state index in [4.69, 9.17) is 15.2 Å². The van der Waals surface area contributed by atoms with E-state index in [0.717, 1.165) is 23.4 Å². The average molecular weight is 512 g/mol. The summed E-state index contributed by atoms with van der Waals surface area (Å²) < 4.78 is 11.2. The van der Waals surface area contributed by atoms with Crippen LogP contribution in [0, 0.1) is 0 Å². The molecular weight excluding hydrogens is 483 g/mol. The first-order valence-electron chi connectivity index (χ1n) is 9.35. The van der Waals surface area contributed by atoms with Crippen molar-refractivity contribution in [1.82, 2.24) is 0 Å². The van der Waals surface area contributed by atoms with Crippen LogP contribution in [0.3, 0.4) is 0 Å². The number of hydrogen-bond donors (Lipinski definition) is 3. The first-order valence-corrected chi connectivity index (χ1v) is 9.35. The summed E-state index contributed by atoms with van der Waals surface area (Å²) in [7, 11) is 0. The molecule has 8 heteroatoms. The first kappa shape index (κ1) is 24.5. The number of nitrogens with zero attached hydrogens (tertiary/aromatic N) is 1. The van der Waals surface area contributed by atoms with Gasteiger partial charge in [0.15, 0.2) is 5.96 Å². The number of nitrogens with one attached hydrogen (secondary N) is 2. The molecule has 158 valence electrons. The lowest BCUT2D eigenvalue weighted by molar-refractivity contribution is -0.114. The zero-order chi connectivity index (χ0) is 20.4. The molecule has 4 N–H and O–H groups in total. The van der Waals surface area contributed by atoms with Gasteiger partial charge in [-0.1, -0.05) is 12.1 Å². The number of guanidine groups is 1. The molecule has 0 unspecified atom stereocenters. The number of amides is 1. The maximum Gasteiger partial charge on any atom is 0.221 e. The summed E-state index contributed by atoms with van der Waals surface area (Å²) in [5.41, 5.74) is 8.64. The lowest BCUT2D eigenvalue weighted by atomic mass is 10.1. The molecule has 29 heavy (non-hydrogen) atoms. The Morgan fingerprint density at radius 2 is 1.72 bits per heavy atom. The normalized spacial score (nSPS) is 10.7. The number of ether oxygens (including phenoxy) is 2. The van der Waals surface area contributed by atoms with Crippen molar-refractivity contribution in [3.63, 3.8) is 0 Å². The summed E-state index contributed by atoms with van der Waals surface area (Å²) in [6.45, 7) is 7.01. The van der Waals surface area contributed by atoms with Crippen LogP contribution in [0.4, 0.5) is 11.4 Å². The lowest BCUT2D eigenvalue weighted by Crippen LogP contribution is -2.23. The molecule has 0 spiro atoms. The van der Waals surface area contributed by atoms with E-state index in [2.05, 4.69) is 15.6 Å². The van der Waals surface area contributed by atoms with E-state index in [1.54, 1.807) is 0 Å². The van der Waals surface area contributed by atoms with Crippen LogP contribution in [0.15, 0.2) is 47.5 Å². The molecular formula is C21H29IN4O3. The molecule has 0 heterocycles. The second-order valence-electron chi connectivity index (χ2n) is 6.04. The third-order valence-corrected chi connectivity index (χ3v) is 3.78. The van der Waals surface area contributed by atoms with E-state index in [9.17, 15) is 4.79 Å². The van der Waals surface area contributed by atoms with E-state index in [1.807, 2.05) is 56.3 Å². The van der Waals surface area contributed by atoms with E-state index < -0.39 is 0 Å². The Morgan fingerprint density at radius 1 is 1.03 bits per heavy atom. The van der Waals surface area contributed by atoms with Crippen LogP contribution in [0.1, 0.15) is 26.3 Å². The Morgan fingerprint density at radius 3 is 2.34 bits per heavy atom. The van der Waals surface area contributed by atoms with Crippen LogP contribution in [0.25, 0.3) is 0 Å². The van der Waals surface area contributed by atoms with E-state index in [1.165, 1.54) is 6.92 Å². The van der Waals surface area contributed by atoms with Gasteiger partial charge in [0.1, 0.15) is 11.5 Å². The maximum absolute atomic E-state index is 11.1. The minimum absolute atomic E-state index is 0. The molecule has 2 rings (SSSR count). The number of aliphatic imine (C=N–C) groups is 1. The van der Waals surface area contributed by atoms with Crippen LogP contribution in [0.2, 0.25) is 0 Å². The van der Waals surface area contributed by atoms with Crippen molar-refractivity contribution in [3.05, 3.63) is 48.0 Å². The fraction of sp³-hybridized carbons (Fsp3) is 0.333. The van der Waals surface area contributed by atoms with Crippen LogP contribution in [-0.4, -0.2) is 31.6 Å². The van der Waals surface area contributed by atoms with Crippen molar-refractivity contribution in [3.8, 4) is 11.5 Å². The Hall–Kier alpha value is -2.49. The van der Waals surface area contributed by atoms with Gasteiger partial charge in [0.2, 0.25) is 5.91 Å². The van der Waals surface area contributed by atoms with Crippen LogP contribution in [-0.2, 0) is 11.2 Å². The molecule has 0 saturated carbocycles. The Bertz CT molecular complexity index is 810. The minimum Gasteiger partial charge on any atom is -0.494 e. The summed E-state index contributed by atoms with van der Waals surface area (Å²) in [6.07, 6.45) is 0.736. The number of anilines is 2. The molecule has 2 aromatic rings. The van der Waals surface area contributed by atoms with E-state index in [0.29, 0.717) is 37.2 Å². The molecule has 0 aliphatic heterocycles. The van der Waals surface area contributed by atoms with Crippen molar-refractivity contribution in [1.29, 1.82) is 0 Å².